The lowest BCUT2D eigenvalue weighted by atomic mass is 9.89. The zero-order chi connectivity index (χ0) is 10.4. The lowest BCUT2D eigenvalue weighted by Crippen LogP contribution is -2.10. The Bertz CT molecular complexity index is 383. The molecule has 0 amide bonds. The van der Waals surface area contributed by atoms with Gasteiger partial charge in [0.25, 0.3) is 0 Å². The van der Waals surface area contributed by atoms with Crippen LogP contribution in [0.25, 0.3) is 0 Å². The molecule has 0 aliphatic heterocycles. The summed E-state index contributed by atoms with van der Waals surface area (Å²) in [6, 6.07) is 6.79. The van der Waals surface area contributed by atoms with Gasteiger partial charge in [-0.2, -0.15) is 0 Å². The van der Waals surface area contributed by atoms with Crippen LogP contribution in [-0.4, -0.2) is 13.7 Å². The largest absolute Gasteiger partial charge is 0.384 e. The Labute approximate surface area is 91.5 Å². The molecule has 15 heavy (non-hydrogen) atoms. The highest BCUT2D eigenvalue weighted by Crippen LogP contribution is 2.57. The molecule has 3 rings (SSSR count). The third kappa shape index (κ3) is 1.19. The average molecular weight is 202 g/mol. The van der Waals surface area contributed by atoms with Crippen LogP contribution in [0.5, 0.6) is 0 Å². The molecule has 0 aromatic heterocycles. The number of methoxy groups -OCH3 is 1. The molecule has 3 unspecified atom stereocenters. The molecule has 1 saturated carbocycles. The van der Waals surface area contributed by atoms with Gasteiger partial charge in [0.05, 0.1) is 6.61 Å². The van der Waals surface area contributed by atoms with Crippen molar-refractivity contribution in [3.63, 3.8) is 0 Å². The number of aryl methyl sites for hydroxylation is 1. The molecule has 1 heteroatoms. The van der Waals surface area contributed by atoms with Gasteiger partial charge in [-0.05, 0) is 54.2 Å². The van der Waals surface area contributed by atoms with Crippen LogP contribution in [-0.2, 0) is 4.74 Å². The summed E-state index contributed by atoms with van der Waals surface area (Å²) in [5, 5.41) is 0. The van der Waals surface area contributed by atoms with Crippen LogP contribution >= 0.6 is 0 Å². The number of rotatable bonds is 2. The maximum Gasteiger partial charge on any atom is 0.0502 e. The predicted octanol–water partition coefficient (Wildman–Crippen LogP) is 3.23. The molecule has 3 atom stereocenters. The highest BCUT2D eigenvalue weighted by atomic mass is 16.5. The van der Waals surface area contributed by atoms with E-state index in [0.717, 1.165) is 24.4 Å². The number of fused-ring (bicyclic) bond motifs is 5. The fourth-order valence-electron chi connectivity index (χ4n) is 3.77. The van der Waals surface area contributed by atoms with Gasteiger partial charge in [-0.25, -0.2) is 0 Å². The summed E-state index contributed by atoms with van der Waals surface area (Å²) in [5.41, 5.74) is 4.75. The Hall–Kier alpha value is -0.820. The Balaban J connectivity index is 2.05. The highest BCUT2D eigenvalue weighted by molar-refractivity contribution is 5.47. The minimum Gasteiger partial charge on any atom is -0.384 e. The van der Waals surface area contributed by atoms with E-state index < -0.39 is 0 Å². The van der Waals surface area contributed by atoms with E-state index in [9.17, 15) is 0 Å². The van der Waals surface area contributed by atoms with Crippen molar-refractivity contribution in [2.75, 3.05) is 13.7 Å². The third-order valence-electron chi connectivity index (χ3n) is 4.31. The number of hydrogen-bond donors (Lipinski definition) is 0. The van der Waals surface area contributed by atoms with Crippen LogP contribution < -0.4 is 0 Å². The van der Waals surface area contributed by atoms with Gasteiger partial charge in [-0.3, -0.25) is 0 Å². The first-order chi connectivity index (χ1) is 7.33. The van der Waals surface area contributed by atoms with E-state index in [1.54, 1.807) is 11.1 Å². The van der Waals surface area contributed by atoms with Gasteiger partial charge in [-0.15, -0.1) is 0 Å². The van der Waals surface area contributed by atoms with Gasteiger partial charge in [0.2, 0.25) is 0 Å². The highest BCUT2D eigenvalue weighted by Gasteiger charge is 2.45. The second-order valence-corrected chi connectivity index (χ2v) is 4.99. The van der Waals surface area contributed by atoms with Crippen molar-refractivity contribution in [3.05, 3.63) is 34.9 Å². The van der Waals surface area contributed by atoms with Crippen molar-refractivity contribution in [3.8, 4) is 0 Å². The van der Waals surface area contributed by atoms with Gasteiger partial charge < -0.3 is 4.74 Å². The van der Waals surface area contributed by atoms with Gasteiger partial charge >= 0.3 is 0 Å². The van der Waals surface area contributed by atoms with Crippen molar-refractivity contribution in [1.29, 1.82) is 0 Å². The lowest BCUT2D eigenvalue weighted by Gasteiger charge is -2.16. The van der Waals surface area contributed by atoms with Crippen molar-refractivity contribution in [2.45, 2.75) is 31.6 Å². The molecular formula is C14H18O. The third-order valence-corrected chi connectivity index (χ3v) is 4.31. The van der Waals surface area contributed by atoms with Crippen LogP contribution in [0.4, 0.5) is 0 Å². The molecule has 0 heterocycles. The molecule has 0 radical (unpaired) electrons. The zero-order valence-electron chi connectivity index (χ0n) is 9.49. The molecular weight excluding hydrogens is 184 g/mol. The van der Waals surface area contributed by atoms with E-state index in [4.69, 9.17) is 4.74 Å². The first-order valence-corrected chi connectivity index (χ1v) is 5.91. The summed E-state index contributed by atoms with van der Waals surface area (Å²) in [6.07, 6.45) is 2.74. The lowest BCUT2D eigenvalue weighted by molar-refractivity contribution is 0.145. The van der Waals surface area contributed by atoms with Crippen LogP contribution in [0.3, 0.4) is 0 Å². The molecule has 1 nitrogen and oxygen atoms in total. The summed E-state index contributed by atoms with van der Waals surface area (Å²) >= 11 is 0. The van der Waals surface area contributed by atoms with Gasteiger partial charge in [0, 0.05) is 7.11 Å². The van der Waals surface area contributed by atoms with Crippen molar-refractivity contribution in [1.82, 2.24) is 0 Å². The van der Waals surface area contributed by atoms with Crippen LogP contribution in [0, 0.1) is 12.8 Å². The Morgan fingerprint density at radius 1 is 1.27 bits per heavy atom. The molecule has 0 saturated heterocycles. The summed E-state index contributed by atoms with van der Waals surface area (Å²) in [7, 11) is 1.83. The molecule has 0 spiro atoms. The molecule has 1 fully saturated rings. The second-order valence-electron chi connectivity index (χ2n) is 4.99. The van der Waals surface area contributed by atoms with Crippen LogP contribution in [0.2, 0.25) is 0 Å². The smallest absolute Gasteiger partial charge is 0.0502 e. The standard InChI is InChI=1S/C14H18O/c1-9-4-3-5-11-10-6-7-12(14(9)11)13(10)8-15-2/h3-5,10,12-13H,6-8H2,1-2H3. The molecule has 0 N–H and O–H groups in total. The topological polar surface area (TPSA) is 9.23 Å². The maximum atomic E-state index is 5.38. The van der Waals surface area contributed by atoms with Crippen molar-refractivity contribution in [2.24, 2.45) is 5.92 Å². The fourth-order valence-corrected chi connectivity index (χ4v) is 3.77. The van der Waals surface area contributed by atoms with E-state index >= 15 is 0 Å². The first kappa shape index (κ1) is 9.41. The van der Waals surface area contributed by atoms with E-state index in [2.05, 4.69) is 25.1 Å². The number of ether oxygens (including phenoxy) is 1. The summed E-state index contributed by atoms with van der Waals surface area (Å²) in [5.74, 6) is 2.32. The summed E-state index contributed by atoms with van der Waals surface area (Å²) in [4.78, 5) is 0. The first-order valence-electron chi connectivity index (χ1n) is 5.91. The van der Waals surface area contributed by atoms with Crippen LogP contribution in [0.1, 0.15) is 41.4 Å². The monoisotopic (exact) mass is 202 g/mol. The van der Waals surface area contributed by atoms with Gasteiger partial charge in [0.15, 0.2) is 0 Å². The Kier molecular flexibility index (Phi) is 2.10. The number of benzene rings is 1. The van der Waals surface area contributed by atoms with E-state index in [1.165, 1.54) is 18.4 Å². The summed E-state index contributed by atoms with van der Waals surface area (Å²) < 4.78 is 5.38. The van der Waals surface area contributed by atoms with E-state index in [-0.39, 0.29) is 0 Å². The summed E-state index contributed by atoms with van der Waals surface area (Å²) in [6.45, 7) is 3.19. The minimum atomic E-state index is 0.756. The molecule has 2 aliphatic carbocycles. The maximum absolute atomic E-state index is 5.38. The molecule has 1 aromatic carbocycles. The second kappa shape index (κ2) is 3.34. The molecule has 1 aromatic rings. The Morgan fingerprint density at radius 3 is 2.80 bits per heavy atom. The Morgan fingerprint density at radius 2 is 2.07 bits per heavy atom. The van der Waals surface area contributed by atoms with Gasteiger partial charge in [-0.1, -0.05) is 18.2 Å². The average Bonchev–Trinajstić information content (AvgIpc) is 2.75. The van der Waals surface area contributed by atoms with E-state index in [0.29, 0.717) is 0 Å². The predicted molar refractivity (Wildman–Crippen MR) is 61.3 cm³/mol. The minimum absolute atomic E-state index is 0.756. The van der Waals surface area contributed by atoms with Gasteiger partial charge in [0.1, 0.15) is 0 Å². The molecule has 80 valence electrons. The van der Waals surface area contributed by atoms with Crippen LogP contribution in [0.15, 0.2) is 18.2 Å². The van der Waals surface area contributed by atoms with Crippen molar-refractivity contribution < 1.29 is 4.74 Å². The SMILES string of the molecule is COCC1C2CCC1c1c(C)cccc12. The molecule has 2 aliphatic rings. The number of hydrogen-bond acceptors (Lipinski definition) is 1. The quantitative estimate of drug-likeness (QED) is 0.715. The molecule has 2 bridgehead atoms. The van der Waals surface area contributed by atoms with Crippen molar-refractivity contribution >= 4 is 0 Å². The van der Waals surface area contributed by atoms with E-state index in [1.807, 2.05) is 7.11 Å². The fraction of sp³-hybridized carbons (Fsp3) is 0.571. The normalized spacial score (nSPS) is 32.0. The zero-order valence-corrected chi connectivity index (χ0v) is 9.49.